The molecule has 2 aromatic carbocycles. The monoisotopic (exact) mass is 407 g/mol. The molecule has 0 unspecified atom stereocenters. The number of anilines is 2. The van der Waals surface area contributed by atoms with Crippen LogP contribution in [0.5, 0.6) is 0 Å². The molecule has 0 aliphatic heterocycles. The lowest BCUT2D eigenvalue weighted by molar-refractivity contribution is -0.121. The minimum atomic E-state index is -0.343. The fourth-order valence-corrected chi connectivity index (χ4v) is 3.34. The van der Waals surface area contributed by atoms with Crippen LogP contribution in [0.3, 0.4) is 0 Å². The molecule has 29 heavy (non-hydrogen) atoms. The third-order valence-electron chi connectivity index (χ3n) is 4.08. The third-order valence-corrected chi connectivity index (χ3v) is 4.99. The number of carbonyl (C=O) groups is 3. The number of para-hydroxylation sites is 1. The van der Waals surface area contributed by atoms with Gasteiger partial charge in [0.1, 0.15) is 0 Å². The van der Waals surface area contributed by atoms with E-state index in [-0.39, 0.29) is 30.6 Å². The van der Waals surface area contributed by atoms with Gasteiger partial charge in [0.05, 0.1) is 4.88 Å². The Morgan fingerprint density at radius 1 is 0.793 bits per heavy atom. The highest BCUT2D eigenvalue weighted by atomic mass is 32.1. The number of hydrogen-bond acceptors (Lipinski definition) is 4. The van der Waals surface area contributed by atoms with Gasteiger partial charge in [-0.05, 0) is 41.3 Å². The number of benzene rings is 2. The van der Waals surface area contributed by atoms with E-state index in [0.29, 0.717) is 22.8 Å². The van der Waals surface area contributed by atoms with Crippen molar-refractivity contribution < 1.29 is 14.4 Å². The number of amides is 3. The Hall–Kier alpha value is -3.45. The van der Waals surface area contributed by atoms with Crippen LogP contribution in [-0.4, -0.2) is 17.7 Å². The van der Waals surface area contributed by atoms with E-state index in [2.05, 4.69) is 16.0 Å². The van der Waals surface area contributed by atoms with E-state index in [0.717, 1.165) is 5.56 Å². The quantitative estimate of drug-likeness (QED) is 0.474. The summed E-state index contributed by atoms with van der Waals surface area (Å²) >= 11 is 1.38. The van der Waals surface area contributed by atoms with Crippen LogP contribution in [0.15, 0.2) is 72.1 Å². The van der Waals surface area contributed by atoms with Crippen LogP contribution in [0.2, 0.25) is 0 Å². The van der Waals surface area contributed by atoms with Gasteiger partial charge in [-0.15, -0.1) is 11.3 Å². The molecule has 0 saturated heterocycles. The maximum Gasteiger partial charge on any atom is 0.323 e. The van der Waals surface area contributed by atoms with E-state index in [1.165, 1.54) is 11.3 Å². The molecule has 3 amide bonds. The van der Waals surface area contributed by atoms with Gasteiger partial charge in [0.2, 0.25) is 5.91 Å². The lowest BCUT2D eigenvalue weighted by Crippen LogP contribution is -2.23. The van der Waals surface area contributed by atoms with Crippen LogP contribution in [0.25, 0.3) is 0 Å². The van der Waals surface area contributed by atoms with Gasteiger partial charge in [-0.25, -0.2) is 4.79 Å². The maximum absolute atomic E-state index is 12.1. The molecule has 0 atom stereocenters. The molecule has 0 spiro atoms. The smallest absolute Gasteiger partial charge is 0.323 e. The first kappa shape index (κ1) is 20.3. The van der Waals surface area contributed by atoms with Crippen LogP contribution >= 0.6 is 11.3 Å². The summed E-state index contributed by atoms with van der Waals surface area (Å²) in [4.78, 5) is 36.7. The largest absolute Gasteiger partial charge is 0.352 e. The van der Waals surface area contributed by atoms with Crippen molar-refractivity contribution in [3.05, 3.63) is 82.6 Å². The number of ketones is 1. The Morgan fingerprint density at radius 3 is 2.31 bits per heavy atom. The average Bonchev–Trinajstić information content (AvgIpc) is 3.26. The fraction of sp³-hybridized carbons (Fsp3) is 0.136. The summed E-state index contributed by atoms with van der Waals surface area (Å²) in [5.74, 6) is -0.208. The van der Waals surface area contributed by atoms with Crippen molar-refractivity contribution in [3.63, 3.8) is 0 Å². The molecule has 0 aliphatic rings. The van der Waals surface area contributed by atoms with Crippen molar-refractivity contribution in [1.29, 1.82) is 0 Å². The second-order valence-corrected chi connectivity index (χ2v) is 7.27. The van der Waals surface area contributed by atoms with E-state index >= 15 is 0 Å². The number of urea groups is 1. The van der Waals surface area contributed by atoms with Crippen molar-refractivity contribution in [2.45, 2.75) is 19.4 Å². The molecular formula is C22H21N3O3S. The first-order valence-electron chi connectivity index (χ1n) is 9.15. The Balaban J connectivity index is 1.45. The first-order chi connectivity index (χ1) is 14.1. The fourth-order valence-electron chi connectivity index (χ4n) is 2.65. The van der Waals surface area contributed by atoms with Gasteiger partial charge < -0.3 is 16.0 Å². The number of Topliss-reactive ketones (excluding diaryl/α,β-unsaturated/α-hetero) is 1. The highest BCUT2D eigenvalue weighted by molar-refractivity contribution is 7.12. The molecule has 7 heteroatoms. The Morgan fingerprint density at radius 2 is 1.55 bits per heavy atom. The normalized spacial score (nSPS) is 10.2. The van der Waals surface area contributed by atoms with Crippen LogP contribution in [0.1, 0.15) is 28.1 Å². The van der Waals surface area contributed by atoms with E-state index < -0.39 is 0 Å². The molecule has 1 heterocycles. The zero-order valence-corrected chi connectivity index (χ0v) is 16.5. The zero-order valence-electron chi connectivity index (χ0n) is 15.7. The summed E-state index contributed by atoms with van der Waals surface area (Å²) in [6.07, 6.45) is 0.335. The maximum atomic E-state index is 12.1. The summed E-state index contributed by atoms with van der Waals surface area (Å²) < 4.78 is 0. The molecule has 148 valence electrons. The van der Waals surface area contributed by atoms with Gasteiger partial charge in [0, 0.05) is 30.8 Å². The molecule has 0 bridgehead atoms. The molecule has 0 radical (unpaired) electrons. The third kappa shape index (κ3) is 6.58. The van der Waals surface area contributed by atoms with Gasteiger partial charge in [-0.2, -0.15) is 0 Å². The highest BCUT2D eigenvalue weighted by Gasteiger charge is 2.10. The second-order valence-electron chi connectivity index (χ2n) is 6.32. The molecular weight excluding hydrogens is 386 g/mol. The van der Waals surface area contributed by atoms with Crippen molar-refractivity contribution in [2.75, 3.05) is 10.6 Å². The Kier molecular flexibility index (Phi) is 7.13. The molecule has 0 saturated carbocycles. The number of rotatable bonds is 8. The van der Waals surface area contributed by atoms with Gasteiger partial charge in [0.15, 0.2) is 5.78 Å². The Labute approximate surface area is 173 Å². The topological polar surface area (TPSA) is 87.3 Å². The van der Waals surface area contributed by atoms with Crippen LogP contribution in [-0.2, 0) is 11.3 Å². The van der Waals surface area contributed by atoms with Crippen molar-refractivity contribution in [3.8, 4) is 0 Å². The van der Waals surface area contributed by atoms with Crippen LogP contribution in [0, 0.1) is 0 Å². The molecule has 3 N–H and O–H groups in total. The SMILES string of the molecule is O=C(CCC(=O)c1cccs1)NCc1cccc(NC(=O)Nc2ccccc2)c1. The molecule has 0 aliphatic carbocycles. The molecule has 0 fully saturated rings. The minimum Gasteiger partial charge on any atom is -0.352 e. The van der Waals surface area contributed by atoms with Gasteiger partial charge >= 0.3 is 6.03 Å². The van der Waals surface area contributed by atoms with Gasteiger partial charge in [-0.1, -0.05) is 36.4 Å². The lowest BCUT2D eigenvalue weighted by Gasteiger charge is -2.10. The van der Waals surface area contributed by atoms with Crippen molar-refractivity contribution in [2.24, 2.45) is 0 Å². The summed E-state index contributed by atoms with van der Waals surface area (Å²) in [5.41, 5.74) is 2.17. The van der Waals surface area contributed by atoms with Gasteiger partial charge in [-0.3, -0.25) is 9.59 Å². The molecule has 3 rings (SSSR count). The number of thiophene rings is 1. The summed E-state index contributed by atoms with van der Waals surface area (Å²) in [5, 5.41) is 10.2. The van der Waals surface area contributed by atoms with E-state index in [9.17, 15) is 14.4 Å². The predicted molar refractivity (Wildman–Crippen MR) is 115 cm³/mol. The lowest BCUT2D eigenvalue weighted by atomic mass is 10.1. The van der Waals surface area contributed by atoms with E-state index in [1.807, 2.05) is 35.7 Å². The molecule has 1 aromatic heterocycles. The predicted octanol–water partition coefficient (Wildman–Crippen LogP) is 4.67. The van der Waals surface area contributed by atoms with Crippen LogP contribution < -0.4 is 16.0 Å². The van der Waals surface area contributed by atoms with Crippen LogP contribution in [0.4, 0.5) is 16.2 Å². The second kappa shape index (κ2) is 10.2. The van der Waals surface area contributed by atoms with E-state index in [1.54, 1.807) is 36.4 Å². The standard InChI is InChI=1S/C22H21N3O3S/c26-19(20-10-5-13-29-20)11-12-21(27)23-15-16-6-4-9-18(14-16)25-22(28)24-17-7-2-1-3-8-17/h1-10,13-14H,11-12,15H2,(H,23,27)(H2,24,25,28). The molecule has 3 aromatic rings. The first-order valence-corrected chi connectivity index (χ1v) is 10.0. The zero-order chi connectivity index (χ0) is 20.5. The van der Waals surface area contributed by atoms with Crippen molar-refractivity contribution in [1.82, 2.24) is 5.32 Å². The van der Waals surface area contributed by atoms with E-state index in [4.69, 9.17) is 0 Å². The summed E-state index contributed by atoms with van der Waals surface area (Å²) in [7, 11) is 0. The number of hydrogen-bond donors (Lipinski definition) is 3. The highest BCUT2D eigenvalue weighted by Crippen LogP contribution is 2.14. The summed E-state index contributed by atoms with van der Waals surface area (Å²) in [6, 6.07) is 19.6. The number of nitrogens with one attached hydrogen (secondary N) is 3. The van der Waals surface area contributed by atoms with Gasteiger partial charge in [0.25, 0.3) is 0 Å². The number of carbonyl (C=O) groups excluding carboxylic acids is 3. The molecule has 6 nitrogen and oxygen atoms in total. The minimum absolute atomic E-state index is 0.0224. The van der Waals surface area contributed by atoms with Crippen molar-refractivity contribution >= 4 is 40.4 Å². The Bertz CT molecular complexity index is 972. The summed E-state index contributed by atoms with van der Waals surface area (Å²) in [6.45, 7) is 0.321. The average molecular weight is 407 g/mol.